The number of nitrogens with zero attached hydrogens (tertiary/aromatic N) is 1. The number of hydrogen-bond acceptors (Lipinski definition) is 3. The standard InChI is InChI=1S/C23H23N3O2/c1-16-7-9-19(10-8-16)24-22(27)17-5-4-6-18(15-17)23(28)25-20-11-13-21(14-12-20)26(2)3/h4-15H,1-3H3,(H,24,27)(H,25,28). The summed E-state index contributed by atoms with van der Waals surface area (Å²) in [5.74, 6) is -0.517. The maximum absolute atomic E-state index is 12.6. The van der Waals surface area contributed by atoms with Gasteiger partial charge in [-0.15, -0.1) is 0 Å². The summed E-state index contributed by atoms with van der Waals surface area (Å²) in [4.78, 5) is 27.0. The van der Waals surface area contributed by atoms with E-state index in [1.165, 1.54) is 0 Å². The lowest BCUT2D eigenvalue weighted by atomic mass is 10.1. The summed E-state index contributed by atoms with van der Waals surface area (Å²) in [6.45, 7) is 1.99. The Labute approximate surface area is 165 Å². The number of carbonyl (C=O) groups excluding carboxylic acids is 2. The van der Waals surface area contributed by atoms with Crippen molar-refractivity contribution < 1.29 is 9.59 Å². The van der Waals surface area contributed by atoms with Crippen LogP contribution in [0.25, 0.3) is 0 Å². The molecule has 5 heteroatoms. The van der Waals surface area contributed by atoms with Crippen LogP contribution in [0.4, 0.5) is 17.1 Å². The molecule has 0 radical (unpaired) electrons. The summed E-state index contributed by atoms with van der Waals surface area (Å²) in [5, 5.41) is 5.70. The minimum absolute atomic E-state index is 0.256. The van der Waals surface area contributed by atoms with Gasteiger partial charge in [-0.2, -0.15) is 0 Å². The van der Waals surface area contributed by atoms with Gasteiger partial charge in [0, 0.05) is 42.3 Å². The maximum atomic E-state index is 12.6. The molecule has 3 aromatic rings. The Balaban J connectivity index is 1.70. The zero-order valence-corrected chi connectivity index (χ0v) is 16.2. The van der Waals surface area contributed by atoms with Crippen LogP contribution in [0, 0.1) is 6.92 Å². The first-order chi connectivity index (χ1) is 13.4. The second-order valence-electron chi connectivity index (χ2n) is 6.80. The van der Waals surface area contributed by atoms with E-state index in [0.29, 0.717) is 22.5 Å². The van der Waals surface area contributed by atoms with Crippen molar-refractivity contribution in [3.63, 3.8) is 0 Å². The molecule has 0 fully saturated rings. The minimum Gasteiger partial charge on any atom is -0.378 e. The van der Waals surface area contributed by atoms with Gasteiger partial charge in [-0.25, -0.2) is 0 Å². The first-order valence-electron chi connectivity index (χ1n) is 8.99. The van der Waals surface area contributed by atoms with Crippen molar-refractivity contribution in [3.05, 3.63) is 89.5 Å². The van der Waals surface area contributed by atoms with Gasteiger partial charge in [0.15, 0.2) is 0 Å². The predicted octanol–water partition coefficient (Wildman–Crippen LogP) is 4.57. The molecule has 3 aromatic carbocycles. The molecule has 2 amide bonds. The predicted molar refractivity (Wildman–Crippen MR) is 114 cm³/mol. The van der Waals surface area contributed by atoms with Crippen LogP contribution in [0.5, 0.6) is 0 Å². The molecule has 5 nitrogen and oxygen atoms in total. The summed E-state index contributed by atoms with van der Waals surface area (Å²) < 4.78 is 0. The summed E-state index contributed by atoms with van der Waals surface area (Å²) in [5.41, 5.74) is 4.43. The summed E-state index contributed by atoms with van der Waals surface area (Å²) >= 11 is 0. The monoisotopic (exact) mass is 373 g/mol. The summed E-state index contributed by atoms with van der Waals surface area (Å²) in [7, 11) is 3.92. The van der Waals surface area contributed by atoms with E-state index in [1.54, 1.807) is 24.3 Å². The van der Waals surface area contributed by atoms with Gasteiger partial charge >= 0.3 is 0 Å². The van der Waals surface area contributed by atoms with Crippen molar-refractivity contribution in [2.75, 3.05) is 29.6 Å². The van der Waals surface area contributed by atoms with Gasteiger partial charge in [-0.3, -0.25) is 9.59 Å². The van der Waals surface area contributed by atoms with E-state index < -0.39 is 0 Å². The van der Waals surface area contributed by atoms with Crippen molar-refractivity contribution >= 4 is 28.9 Å². The number of carbonyl (C=O) groups is 2. The molecule has 0 heterocycles. The molecule has 0 saturated heterocycles. The molecule has 142 valence electrons. The lowest BCUT2D eigenvalue weighted by molar-refractivity contribution is 0.102. The Kier molecular flexibility index (Phi) is 5.75. The second-order valence-corrected chi connectivity index (χ2v) is 6.80. The van der Waals surface area contributed by atoms with Crippen LogP contribution in [0.3, 0.4) is 0 Å². The number of aryl methyl sites for hydroxylation is 1. The fourth-order valence-corrected chi connectivity index (χ4v) is 2.69. The third kappa shape index (κ3) is 4.76. The fraction of sp³-hybridized carbons (Fsp3) is 0.130. The SMILES string of the molecule is Cc1ccc(NC(=O)c2cccc(C(=O)Nc3ccc(N(C)C)cc3)c2)cc1. The topological polar surface area (TPSA) is 61.4 Å². The molecule has 0 unspecified atom stereocenters. The lowest BCUT2D eigenvalue weighted by Crippen LogP contribution is -2.15. The molecular weight excluding hydrogens is 350 g/mol. The van der Waals surface area contributed by atoms with E-state index in [4.69, 9.17) is 0 Å². The third-order valence-corrected chi connectivity index (χ3v) is 4.34. The van der Waals surface area contributed by atoms with Gasteiger partial charge in [-0.1, -0.05) is 23.8 Å². The molecule has 0 bridgehead atoms. The molecule has 0 aliphatic heterocycles. The van der Waals surface area contributed by atoms with Crippen molar-refractivity contribution in [1.29, 1.82) is 0 Å². The fourth-order valence-electron chi connectivity index (χ4n) is 2.69. The minimum atomic E-state index is -0.261. The molecule has 3 rings (SSSR count). The number of rotatable bonds is 5. The smallest absolute Gasteiger partial charge is 0.255 e. The van der Waals surface area contributed by atoms with E-state index >= 15 is 0 Å². The quantitative estimate of drug-likeness (QED) is 0.689. The van der Waals surface area contributed by atoms with Crippen LogP contribution in [-0.2, 0) is 0 Å². The van der Waals surface area contributed by atoms with E-state index in [1.807, 2.05) is 74.4 Å². The van der Waals surface area contributed by atoms with Crippen molar-refractivity contribution in [3.8, 4) is 0 Å². The molecule has 0 atom stereocenters. The Hall–Kier alpha value is -3.60. The molecule has 0 saturated carbocycles. The van der Waals surface area contributed by atoms with E-state index in [-0.39, 0.29) is 11.8 Å². The van der Waals surface area contributed by atoms with Crippen molar-refractivity contribution in [2.24, 2.45) is 0 Å². The van der Waals surface area contributed by atoms with Crippen LogP contribution >= 0.6 is 0 Å². The normalized spacial score (nSPS) is 10.2. The van der Waals surface area contributed by atoms with Gasteiger partial charge in [0.05, 0.1) is 0 Å². The van der Waals surface area contributed by atoms with Gasteiger partial charge in [0.25, 0.3) is 11.8 Å². The molecule has 0 aromatic heterocycles. The van der Waals surface area contributed by atoms with E-state index in [0.717, 1.165) is 11.3 Å². The van der Waals surface area contributed by atoms with Crippen LogP contribution in [0.15, 0.2) is 72.8 Å². The highest BCUT2D eigenvalue weighted by Crippen LogP contribution is 2.17. The van der Waals surface area contributed by atoms with Crippen LogP contribution < -0.4 is 15.5 Å². The lowest BCUT2D eigenvalue weighted by Gasteiger charge is -2.13. The van der Waals surface area contributed by atoms with Gasteiger partial charge in [-0.05, 0) is 61.5 Å². The molecule has 2 N–H and O–H groups in total. The first-order valence-corrected chi connectivity index (χ1v) is 8.99. The Bertz CT molecular complexity index is 977. The number of nitrogens with one attached hydrogen (secondary N) is 2. The number of anilines is 3. The van der Waals surface area contributed by atoms with Crippen LogP contribution in [0.1, 0.15) is 26.3 Å². The van der Waals surface area contributed by atoms with Crippen LogP contribution in [0.2, 0.25) is 0 Å². The van der Waals surface area contributed by atoms with Crippen molar-refractivity contribution in [2.45, 2.75) is 6.92 Å². The molecule has 0 aliphatic carbocycles. The van der Waals surface area contributed by atoms with Crippen LogP contribution in [-0.4, -0.2) is 25.9 Å². The highest BCUT2D eigenvalue weighted by Gasteiger charge is 2.11. The van der Waals surface area contributed by atoms with Crippen molar-refractivity contribution in [1.82, 2.24) is 0 Å². The highest BCUT2D eigenvalue weighted by molar-refractivity contribution is 6.08. The van der Waals surface area contributed by atoms with E-state index in [2.05, 4.69) is 10.6 Å². The Morgan fingerprint density at radius 1 is 0.714 bits per heavy atom. The molecule has 0 spiro atoms. The van der Waals surface area contributed by atoms with Gasteiger partial charge in [0.1, 0.15) is 0 Å². The summed E-state index contributed by atoms with van der Waals surface area (Å²) in [6.07, 6.45) is 0. The van der Waals surface area contributed by atoms with E-state index in [9.17, 15) is 9.59 Å². The zero-order valence-electron chi connectivity index (χ0n) is 16.2. The molecular formula is C23H23N3O2. The number of amides is 2. The number of benzene rings is 3. The molecule has 28 heavy (non-hydrogen) atoms. The first kappa shape index (κ1) is 19.2. The largest absolute Gasteiger partial charge is 0.378 e. The highest BCUT2D eigenvalue weighted by atomic mass is 16.2. The van der Waals surface area contributed by atoms with Gasteiger partial charge < -0.3 is 15.5 Å². The second kappa shape index (κ2) is 8.39. The zero-order chi connectivity index (χ0) is 20.1. The Morgan fingerprint density at radius 2 is 1.18 bits per heavy atom. The average molecular weight is 373 g/mol. The summed E-state index contributed by atoms with van der Waals surface area (Å²) in [6, 6.07) is 21.8. The number of hydrogen-bond donors (Lipinski definition) is 2. The maximum Gasteiger partial charge on any atom is 0.255 e. The molecule has 0 aliphatic rings. The van der Waals surface area contributed by atoms with Gasteiger partial charge in [0.2, 0.25) is 0 Å². The Morgan fingerprint density at radius 3 is 1.64 bits per heavy atom. The third-order valence-electron chi connectivity index (χ3n) is 4.34. The average Bonchev–Trinajstić information content (AvgIpc) is 2.70.